The van der Waals surface area contributed by atoms with E-state index in [1.165, 1.54) is 17.0 Å². The van der Waals surface area contributed by atoms with E-state index in [-0.39, 0.29) is 24.9 Å². The van der Waals surface area contributed by atoms with Crippen molar-refractivity contribution >= 4 is 6.03 Å². The van der Waals surface area contributed by atoms with Crippen LogP contribution in [0.1, 0.15) is 36.4 Å². The maximum absolute atomic E-state index is 13.4. The Hall–Kier alpha value is -1.83. The number of benzene rings is 1. The molecule has 2 N–H and O–H groups in total. The number of amides is 2. The SMILES string of the molecule is O=C(NC1CCc2ccc(F)cc21)N1CCC(O)(C(F)(F)F)CC1. The van der Waals surface area contributed by atoms with Gasteiger partial charge in [0.1, 0.15) is 5.82 Å². The Morgan fingerprint density at radius 2 is 1.96 bits per heavy atom. The van der Waals surface area contributed by atoms with Crippen molar-refractivity contribution in [1.29, 1.82) is 0 Å². The van der Waals surface area contributed by atoms with Crippen LogP contribution in [0.3, 0.4) is 0 Å². The molecular formula is C16H18F4N2O2. The summed E-state index contributed by atoms with van der Waals surface area (Å²) in [6, 6.07) is 3.60. The van der Waals surface area contributed by atoms with Gasteiger partial charge in [-0.25, -0.2) is 9.18 Å². The number of fused-ring (bicyclic) bond motifs is 1. The van der Waals surface area contributed by atoms with Crippen molar-refractivity contribution in [2.45, 2.75) is 43.5 Å². The number of halogens is 4. The van der Waals surface area contributed by atoms with Gasteiger partial charge in [-0.15, -0.1) is 0 Å². The lowest BCUT2D eigenvalue weighted by Gasteiger charge is -2.39. The molecule has 0 aromatic heterocycles. The number of nitrogens with zero attached hydrogens (tertiary/aromatic N) is 1. The summed E-state index contributed by atoms with van der Waals surface area (Å²) in [4.78, 5) is 13.5. The number of aliphatic hydroxyl groups is 1. The molecule has 3 rings (SSSR count). The van der Waals surface area contributed by atoms with Crippen LogP contribution < -0.4 is 5.32 Å². The van der Waals surface area contributed by atoms with Gasteiger partial charge in [0.15, 0.2) is 5.60 Å². The van der Waals surface area contributed by atoms with Crippen molar-refractivity contribution in [2.75, 3.05) is 13.1 Å². The largest absolute Gasteiger partial charge is 0.417 e. The van der Waals surface area contributed by atoms with Crippen molar-refractivity contribution in [3.63, 3.8) is 0 Å². The molecule has 8 heteroatoms. The summed E-state index contributed by atoms with van der Waals surface area (Å²) in [6.07, 6.45) is -4.43. The maximum atomic E-state index is 13.4. The van der Waals surface area contributed by atoms with Crippen molar-refractivity contribution in [1.82, 2.24) is 10.2 Å². The Kier molecular flexibility index (Phi) is 4.19. The Morgan fingerprint density at radius 1 is 1.29 bits per heavy atom. The molecule has 1 aliphatic carbocycles. The third-order valence-corrected chi connectivity index (χ3v) is 4.89. The molecule has 1 aromatic carbocycles. The summed E-state index contributed by atoms with van der Waals surface area (Å²) >= 11 is 0. The number of carbonyl (C=O) groups excluding carboxylic acids is 1. The lowest BCUT2D eigenvalue weighted by Crippen LogP contribution is -2.56. The second-order valence-corrected chi connectivity index (χ2v) is 6.40. The van der Waals surface area contributed by atoms with Crippen LogP contribution in [0.4, 0.5) is 22.4 Å². The zero-order chi connectivity index (χ0) is 17.5. The molecule has 2 aliphatic rings. The van der Waals surface area contributed by atoms with Crippen LogP contribution in [0, 0.1) is 5.82 Å². The molecule has 1 unspecified atom stereocenters. The van der Waals surface area contributed by atoms with Gasteiger partial charge in [0.05, 0.1) is 6.04 Å². The Balaban J connectivity index is 1.61. The lowest BCUT2D eigenvalue weighted by molar-refractivity contribution is -0.271. The molecule has 24 heavy (non-hydrogen) atoms. The standard InChI is InChI=1S/C16H18F4N2O2/c17-11-3-1-10-2-4-13(12(10)9-11)21-14(23)22-7-5-15(24,6-8-22)16(18,19)20/h1,3,9,13,24H,2,4-8H2,(H,21,23). The third kappa shape index (κ3) is 3.07. The van der Waals surface area contributed by atoms with Gasteiger partial charge in [0, 0.05) is 25.9 Å². The lowest BCUT2D eigenvalue weighted by atomic mass is 9.91. The minimum Gasteiger partial charge on any atom is -0.380 e. The van der Waals surface area contributed by atoms with Gasteiger partial charge in [-0.2, -0.15) is 13.2 Å². The van der Waals surface area contributed by atoms with E-state index in [0.29, 0.717) is 18.4 Å². The van der Waals surface area contributed by atoms with Crippen molar-refractivity contribution in [3.05, 3.63) is 35.1 Å². The smallest absolute Gasteiger partial charge is 0.380 e. The third-order valence-electron chi connectivity index (χ3n) is 4.89. The average Bonchev–Trinajstić information content (AvgIpc) is 2.89. The normalized spacial score (nSPS) is 23.0. The van der Waals surface area contributed by atoms with Gasteiger partial charge >= 0.3 is 12.2 Å². The highest BCUT2D eigenvalue weighted by Gasteiger charge is 2.55. The van der Waals surface area contributed by atoms with Gasteiger partial charge in [0.2, 0.25) is 0 Å². The summed E-state index contributed by atoms with van der Waals surface area (Å²) in [5, 5.41) is 12.4. The van der Waals surface area contributed by atoms with Gasteiger partial charge in [-0.1, -0.05) is 6.07 Å². The van der Waals surface area contributed by atoms with E-state index in [4.69, 9.17) is 0 Å². The molecule has 4 nitrogen and oxygen atoms in total. The molecular weight excluding hydrogens is 328 g/mol. The van der Waals surface area contributed by atoms with Crippen molar-refractivity contribution in [3.8, 4) is 0 Å². The zero-order valence-electron chi connectivity index (χ0n) is 12.9. The first kappa shape index (κ1) is 17.0. The second-order valence-electron chi connectivity index (χ2n) is 6.40. The summed E-state index contributed by atoms with van der Waals surface area (Å²) < 4.78 is 51.7. The molecule has 0 radical (unpaired) electrons. The first-order chi connectivity index (χ1) is 11.2. The molecule has 1 fully saturated rings. The van der Waals surface area contributed by atoms with Crippen LogP contribution in [0.2, 0.25) is 0 Å². The number of piperidine rings is 1. The monoisotopic (exact) mass is 346 g/mol. The first-order valence-corrected chi connectivity index (χ1v) is 7.82. The Bertz CT molecular complexity index is 639. The number of likely N-dealkylation sites (tertiary alicyclic amines) is 1. The summed E-state index contributed by atoms with van der Waals surface area (Å²) in [5.41, 5.74) is -1.05. The van der Waals surface area contributed by atoms with E-state index >= 15 is 0 Å². The molecule has 2 amide bonds. The first-order valence-electron chi connectivity index (χ1n) is 7.82. The predicted octanol–water partition coefficient (Wildman–Crippen LogP) is 2.91. The highest BCUT2D eigenvalue weighted by molar-refractivity contribution is 5.75. The summed E-state index contributed by atoms with van der Waals surface area (Å²) in [5.74, 6) is -0.386. The number of hydrogen-bond donors (Lipinski definition) is 2. The molecule has 0 bridgehead atoms. The summed E-state index contributed by atoms with van der Waals surface area (Å²) in [7, 11) is 0. The molecule has 1 aromatic rings. The number of rotatable bonds is 1. The van der Waals surface area contributed by atoms with E-state index < -0.39 is 30.7 Å². The molecule has 1 heterocycles. The van der Waals surface area contributed by atoms with Crippen molar-refractivity contribution in [2.24, 2.45) is 0 Å². The number of hydrogen-bond acceptors (Lipinski definition) is 2. The van der Waals surface area contributed by atoms with Crippen LogP contribution in [0.25, 0.3) is 0 Å². The van der Waals surface area contributed by atoms with Crippen molar-refractivity contribution < 1.29 is 27.5 Å². The minimum atomic E-state index is -4.70. The van der Waals surface area contributed by atoms with Gasteiger partial charge in [-0.05, 0) is 36.1 Å². The molecule has 0 saturated carbocycles. The zero-order valence-corrected chi connectivity index (χ0v) is 12.9. The van der Waals surface area contributed by atoms with Crippen LogP contribution in [-0.4, -0.2) is 40.9 Å². The number of alkyl halides is 3. The fourth-order valence-electron chi connectivity index (χ4n) is 3.33. The number of carbonyl (C=O) groups is 1. The van der Waals surface area contributed by atoms with E-state index in [9.17, 15) is 27.5 Å². The maximum Gasteiger partial charge on any atom is 0.417 e. The molecule has 1 atom stereocenters. The van der Waals surface area contributed by atoms with E-state index in [0.717, 1.165) is 5.56 Å². The molecule has 1 aliphatic heterocycles. The Labute approximate surface area is 136 Å². The van der Waals surface area contributed by atoms with Crippen LogP contribution in [-0.2, 0) is 6.42 Å². The Morgan fingerprint density at radius 3 is 2.58 bits per heavy atom. The van der Waals surface area contributed by atoms with Crippen LogP contribution >= 0.6 is 0 Å². The number of urea groups is 1. The number of aryl methyl sites for hydroxylation is 1. The van der Waals surface area contributed by atoms with E-state index in [1.54, 1.807) is 6.07 Å². The molecule has 132 valence electrons. The second kappa shape index (κ2) is 5.91. The fourth-order valence-corrected chi connectivity index (χ4v) is 3.33. The highest BCUT2D eigenvalue weighted by Crippen LogP contribution is 2.38. The number of nitrogens with one attached hydrogen (secondary N) is 1. The quantitative estimate of drug-likeness (QED) is 0.769. The van der Waals surface area contributed by atoms with Crippen LogP contribution in [0.15, 0.2) is 18.2 Å². The minimum absolute atomic E-state index is 0.176. The topological polar surface area (TPSA) is 52.6 Å². The van der Waals surface area contributed by atoms with Gasteiger partial charge in [0.25, 0.3) is 0 Å². The molecule has 1 saturated heterocycles. The van der Waals surface area contributed by atoms with E-state index in [2.05, 4.69) is 5.32 Å². The summed E-state index contributed by atoms with van der Waals surface area (Å²) in [6.45, 7) is -0.352. The van der Waals surface area contributed by atoms with Gasteiger partial charge in [-0.3, -0.25) is 0 Å². The molecule has 0 spiro atoms. The van der Waals surface area contributed by atoms with Gasteiger partial charge < -0.3 is 15.3 Å². The van der Waals surface area contributed by atoms with Crippen LogP contribution in [0.5, 0.6) is 0 Å². The fraction of sp³-hybridized carbons (Fsp3) is 0.562. The predicted molar refractivity (Wildman–Crippen MR) is 77.8 cm³/mol. The average molecular weight is 346 g/mol. The highest BCUT2D eigenvalue weighted by atomic mass is 19.4. The van der Waals surface area contributed by atoms with E-state index in [1.807, 2.05) is 0 Å².